The third-order valence-corrected chi connectivity index (χ3v) is 4.11. The molecule has 0 aliphatic heterocycles. The molecule has 3 heteroatoms. The Morgan fingerprint density at radius 2 is 1.89 bits per heavy atom. The fourth-order valence-corrected chi connectivity index (χ4v) is 3.06. The molecule has 2 N–H and O–H groups in total. The predicted molar refractivity (Wildman–Crippen MR) is 78.8 cm³/mol. The molecule has 0 bridgehead atoms. The van der Waals surface area contributed by atoms with Crippen molar-refractivity contribution in [1.82, 2.24) is 4.98 Å². The minimum atomic E-state index is 0.786. The van der Waals surface area contributed by atoms with Crippen LogP contribution in [0.2, 0.25) is 0 Å². The maximum Gasteiger partial charge on any atom is 0.124 e. The van der Waals surface area contributed by atoms with Gasteiger partial charge in [-0.2, -0.15) is 0 Å². The van der Waals surface area contributed by atoms with Crippen molar-refractivity contribution in [2.75, 3.05) is 5.73 Å². The maximum absolute atomic E-state index is 5.71. The lowest BCUT2D eigenvalue weighted by Crippen LogP contribution is -1.84. The Balaban J connectivity index is 2.16. The Labute approximate surface area is 110 Å². The molecule has 3 rings (SSSR count). The van der Waals surface area contributed by atoms with Crippen molar-refractivity contribution >= 4 is 27.2 Å². The molecule has 0 spiro atoms. The molecule has 0 atom stereocenters. The van der Waals surface area contributed by atoms with Crippen molar-refractivity contribution in [3.05, 3.63) is 48.0 Å². The summed E-state index contributed by atoms with van der Waals surface area (Å²) in [5.41, 5.74) is 10.1. The Hall–Kier alpha value is -1.87. The first-order valence-electron chi connectivity index (χ1n) is 6.02. The lowest BCUT2D eigenvalue weighted by Gasteiger charge is -1.97. The fraction of sp³-hybridized carbons (Fsp3) is 0.133. The quantitative estimate of drug-likeness (QED) is 0.699. The molecule has 0 fully saturated rings. The molecule has 1 heterocycles. The van der Waals surface area contributed by atoms with E-state index >= 15 is 0 Å². The number of fused-ring (bicyclic) bond motifs is 1. The number of nitrogens with zero attached hydrogens (tertiary/aromatic N) is 1. The van der Waals surface area contributed by atoms with Crippen LogP contribution in [0.15, 0.2) is 42.5 Å². The molecule has 0 saturated carbocycles. The number of nitrogen functional groups attached to an aromatic ring is 1. The van der Waals surface area contributed by atoms with E-state index < -0.39 is 0 Å². The van der Waals surface area contributed by atoms with Gasteiger partial charge in [-0.15, -0.1) is 11.3 Å². The number of nitrogens with two attached hydrogens (primary N) is 1. The van der Waals surface area contributed by atoms with Crippen molar-refractivity contribution in [2.24, 2.45) is 0 Å². The van der Waals surface area contributed by atoms with Crippen LogP contribution in [-0.2, 0) is 6.42 Å². The van der Waals surface area contributed by atoms with Crippen LogP contribution in [0, 0.1) is 0 Å². The molecule has 2 aromatic carbocycles. The summed E-state index contributed by atoms with van der Waals surface area (Å²) in [7, 11) is 0. The maximum atomic E-state index is 5.71. The van der Waals surface area contributed by atoms with Crippen LogP contribution in [0.5, 0.6) is 0 Å². The second-order valence-electron chi connectivity index (χ2n) is 4.26. The van der Waals surface area contributed by atoms with Crippen LogP contribution < -0.4 is 5.73 Å². The number of thiazole rings is 1. The monoisotopic (exact) mass is 254 g/mol. The van der Waals surface area contributed by atoms with E-state index in [1.165, 1.54) is 10.3 Å². The molecular weight excluding hydrogens is 240 g/mol. The average molecular weight is 254 g/mol. The van der Waals surface area contributed by atoms with Crippen LogP contribution in [0.3, 0.4) is 0 Å². The molecule has 0 radical (unpaired) electrons. The number of hydrogen-bond donors (Lipinski definition) is 1. The standard InChI is InChI=1S/C15H14N2S/c1-2-10-4-3-5-13-14(10)17-15(18-13)11-6-8-12(16)9-7-11/h3-9H,2,16H2,1H3. The molecule has 0 aliphatic rings. The molecule has 18 heavy (non-hydrogen) atoms. The van der Waals surface area contributed by atoms with E-state index in [1.54, 1.807) is 11.3 Å². The van der Waals surface area contributed by atoms with Crippen molar-refractivity contribution in [1.29, 1.82) is 0 Å². The lowest BCUT2D eigenvalue weighted by atomic mass is 10.1. The normalized spacial score (nSPS) is 10.9. The molecule has 2 nitrogen and oxygen atoms in total. The SMILES string of the molecule is CCc1cccc2sc(-c3ccc(N)cc3)nc12. The van der Waals surface area contributed by atoms with E-state index in [0.29, 0.717) is 0 Å². The van der Waals surface area contributed by atoms with E-state index in [2.05, 4.69) is 25.1 Å². The van der Waals surface area contributed by atoms with Gasteiger partial charge in [0.15, 0.2) is 0 Å². The van der Waals surface area contributed by atoms with E-state index in [0.717, 1.165) is 28.2 Å². The fourth-order valence-electron chi connectivity index (χ4n) is 2.04. The summed E-state index contributed by atoms with van der Waals surface area (Å²) in [5.74, 6) is 0. The van der Waals surface area contributed by atoms with Crippen LogP contribution >= 0.6 is 11.3 Å². The first-order valence-corrected chi connectivity index (χ1v) is 6.84. The van der Waals surface area contributed by atoms with E-state index in [4.69, 9.17) is 10.7 Å². The van der Waals surface area contributed by atoms with E-state index in [9.17, 15) is 0 Å². The number of rotatable bonds is 2. The van der Waals surface area contributed by atoms with Crippen LogP contribution in [0.25, 0.3) is 20.8 Å². The van der Waals surface area contributed by atoms with Crippen LogP contribution in [-0.4, -0.2) is 4.98 Å². The van der Waals surface area contributed by atoms with Gasteiger partial charge in [0.25, 0.3) is 0 Å². The molecule has 0 unspecified atom stereocenters. The van der Waals surface area contributed by atoms with Gasteiger partial charge in [-0.05, 0) is 42.3 Å². The predicted octanol–water partition coefficient (Wildman–Crippen LogP) is 4.11. The van der Waals surface area contributed by atoms with Crippen molar-refractivity contribution < 1.29 is 0 Å². The van der Waals surface area contributed by atoms with Crippen molar-refractivity contribution in [3.8, 4) is 10.6 Å². The van der Waals surface area contributed by atoms with Gasteiger partial charge in [0.1, 0.15) is 5.01 Å². The highest BCUT2D eigenvalue weighted by molar-refractivity contribution is 7.21. The minimum Gasteiger partial charge on any atom is -0.399 e. The zero-order valence-corrected chi connectivity index (χ0v) is 11.0. The smallest absolute Gasteiger partial charge is 0.124 e. The van der Waals surface area contributed by atoms with Gasteiger partial charge in [0, 0.05) is 11.3 Å². The van der Waals surface area contributed by atoms with Gasteiger partial charge in [-0.1, -0.05) is 19.1 Å². The van der Waals surface area contributed by atoms with Crippen molar-refractivity contribution in [2.45, 2.75) is 13.3 Å². The number of para-hydroxylation sites is 1. The Morgan fingerprint density at radius 3 is 2.61 bits per heavy atom. The molecule has 1 aromatic heterocycles. The molecule has 0 saturated heterocycles. The highest BCUT2D eigenvalue weighted by atomic mass is 32.1. The second-order valence-corrected chi connectivity index (χ2v) is 5.29. The third-order valence-electron chi connectivity index (χ3n) is 3.04. The lowest BCUT2D eigenvalue weighted by molar-refractivity contribution is 1.15. The van der Waals surface area contributed by atoms with Gasteiger partial charge < -0.3 is 5.73 Å². The first kappa shape index (κ1) is 11.2. The largest absolute Gasteiger partial charge is 0.399 e. The van der Waals surface area contributed by atoms with E-state index in [1.807, 2.05) is 24.3 Å². The zero-order chi connectivity index (χ0) is 12.5. The molecule has 0 amide bonds. The molecule has 90 valence electrons. The van der Waals surface area contributed by atoms with Gasteiger partial charge in [-0.3, -0.25) is 0 Å². The Bertz CT molecular complexity index is 683. The van der Waals surface area contributed by atoms with Crippen LogP contribution in [0.4, 0.5) is 5.69 Å². The number of aryl methyl sites for hydroxylation is 1. The van der Waals surface area contributed by atoms with E-state index in [-0.39, 0.29) is 0 Å². The summed E-state index contributed by atoms with van der Waals surface area (Å²) in [6, 6.07) is 14.3. The van der Waals surface area contributed by atoms with Crippen molar-refractivity contribution in [3.63, 3.8) is 0 Å². The number of hydrogen-bond acceptors (Lipinski definition) is 3. The topological polar surface area (TPSA) is 38.9 Å². The summed E-state index contributed by atoms with van der Waals surface area (Å²) in [5, 5.41) is 1.06. The average Bonchev–Trinajstić information content (AvgIpc) is 2.83. The molecule has 3 aromatic rings. The van der Waals surface area contributed by atoms with Gasteiger partial charge in [-0.25, -0.2) is 4.98 Å². The third kappa shape index (κ3) is 1.87. The van der Waals surface area contributed by atoms with Crippen LogP contribution in [0.1, 0.15) is 12.5 Å². The first-order chi connectivity index (χ1) is 8.78. The summed E-state index contributed by atoms with van der Waals surface area (Å²) >= 11 is 1.73. The minimum absolute atomic E-state index is 0.786. The van der Waals surface area contributed by atoms with Gasteiger partial charge in [0.05, 0.1) is 10.2 Å². The number of anilines is 1. The zero-order valence-electron chi connectivity index (χ0n) is 10.2. The van der Waals surface area contributed by atoms with Gasteiger partial charge >= 0.3 is 0 Å². The Morgan fingerprint density at radius 1 is 1.11 bits per heavy atom. The summed E-state index contributed by atoms with van der Waals surface area (Å²) in [6.07, 6.45) is 1.02. The number of aromatic nitrogens is 1. The van der Waals surface area contributed by atoms with Gasteiger partial charge in [0.2, 0.25) is 0 Å². The Kier molecular flexibility index (Phi) is 2.76. The highest BCUT2D eigenvalue weighted by Gasteiger charge is 2.08. The molecular formula is C15H14N2S. The summed E-state index contributed by atoms with van der Waals surface area (Å²) in [4.78, 5) is 4.76. The molecule has 0 aliphatic carbocycles. The summed E-state index contributed by atoms with van der Waals surface area (Å²) < 4.78 is 1.25. The highest BCUT2D eigenvalue weighted by Crippen LogP contribution is 2.32. The summed E-state index contributed by atoms with van der Waals surface area (Å²) in [6.45, 7) is 2.16. The second kappa shape index (κ2) is 4.42. The number of benzene rings is 2.